The molecular formula is C26H22N2. The van der Waals surface area contributed by atoms with Crippen molar-refractivity contribution < 1.29 is 0 Å². The normalized spacial score (nSPS) is 14.9. The third-order valence-electron chi connectivity index (χ3n) is 5.51. The SMILES string of the molecule is CN1c2ccccc2C(c2ccccc2)c2ccc(Nc3ccccc3)cc21. The summed E-state index contributed by atoms with van der Waals surface area (Å²) in [4.78, 5) is 2.31. The molecule has 5 rings (SSSR count). The van der Waals surface area contributed by atoms with E-state index in [1.54, 1.807) is 0 Å². The molecule has 1 aliphatic rings. The summed E-state index contributed by atoms with van der Waals surface area (Å²) in [5.41, 5.74) is 8.73. The van der Waals surface area contributed by atoms with Crippen molar-refractivity contribution in [3.63, 3.8) is 0 Å². The average molecular weight is 362 g/mol. The summed E-state index contributed by atoms with van der Waals surface area (Å²) in [6.45, 7) is 0. The highest BCUT2D eigenvalue weighted by Gasteiger charge is 2.29. The van der Waals surface area contributed by atoms with Crippen LogP contribution in [0.4, 0.5) is 22.7 Å². The number of anilines is 4. The lowest BCUT2D eigenvalue weighted by molar-refractivity contribution is 0.927. The Labute approximate surface area is 166 Å². The second-order valence-electron chi connectivity index (χ2n) is 7.23. The van der Waals surface area contributed by atoms with Gasteiger partial charge in [-0.1, -0.05) is 72.8 Å². The number of nitrogens with zero attached hydrogens (tertiary/aromatic N) is 1. The van der Waals surface area contributed by atoms with E-state index in [-0.39, 0.29) is 5.92 Å². The van der Waals surface area contributed by atoms with Gasteiger partial charge in [0.15, 0.2) is 0 Å². The Morgan fingerprint density at radius 1 is 0.607 bits per heavy atom. The lowest BCUT2D eigenvalue weighted by Gasteiger charge is -2.36. The van der Waals surface area contributed by atoms with E-state index in [1.807, 2.05) is 6.07 Å². The van der Waals surface area contributed by atoms with Crippen molar-refractivity contribution in [3.05, 3.63) is 120 Å². The van der Waals surface area contributed by atoms with Crippen molar-refractivity contribution in [3.8, 4) is 0 Å². The fourth-order valence-electron chi connectivity index (χ4n) is 4.18. The highest BCUT2D eigenvalue weighted by Crippen LogP contribution is 2.48. The smallest absolute Gasteiger partial charge is 0.0471 e. The average Bonchev–Trinajstić information content (AvgIpc) is 2.76. The first-order valence-corrected chi connectivity index (χ1v) is 9.65. The van der Waals surface area contributed by atoms with Crippen molar-refractivity contribution >= 4 is 22.7 Å². The van der Waals surface area contributed by atoms with Crippen LogP contribution in [0.1, 0.15) is 22.6 Å². The summed E-state index contributed by atoms with van der Waals surface area (Å²) in [6, 6.07) is 36.5. The molecule has 4 aromatic carbocycles. The molecule has 0 amide bonds. The third-order valence-corrected chi connectivity index (χ3v) is 5.51. The van der Waals surface area contributed by atoms with Gasteiger partial charge in [-0.05, 0) is 47.0 Å². The van der Waals surface area contributed by atoms with Gasteiger partial charge in [0.25, 0.3) is 0 Å². The molecule has 0 aliphatic carbocycles. The highest BCUT2D eigenvalue weighted by molar-refractivity contribution is 5.80. The van der Waals surface area contributed by atoms with E-state index in [0.717, 1.165) is 11.4 Å². The summed E-state index contributed by atoms with van der Waals surface area (Å²) >= 11 is 0. The van der Waals surface area contributed by atoms with Gasteiger partial charge in [-0.2, -0.15) is 0 Å². The van der Waals surface area contributed by atoms with Gasteiger partial charge in [-0.15, -0.1) is 0 Å². The monoisotopic (exact) mass is 362 g/mol. The van der Waals surface area contributed by atoms with E-state index in [1.165, 1.54) is 28.1 Å². The van der Waals surface area contributed by atoms with E-state index >= 15 is 0 Å². The van der Waals surface area contributed by atoms with Gasteiger partial charge in [0.05, 0.1) is 0 Å². The molecule has 28 heavy (non-hydrogen) atoms. The number of nitrogens with one attached hydrogen (secondary N) is 1. The van der Waals surface area contributed by atoms with Crippen LogP contribution in [-0.4, -0.2) is 7.05 Å². The van der Waals surface area contributed by atoms with E-state index in [2.05, 4.69) is 114 Å². The Morgan fingerprint density at radius 2 is 1.25 bits per heavy atom. The molecule has 1 unspecified atom stereocenters. The van der Waals surface area contributed by atoms with Crippen LogP contribution in [0.15, 0.2) is 103 Å². The first-order chi connectivity index (χ1) is 13.8. The van der Waals surface area contributed by atoms with Crippen LogP contribution in [-0.2, 0) is 0 Å². The van der Waals surface area contributed by atoms with Gasteiger partial charge < -0.3 is 10.2 Å². The minimum absolute atomic E-state index is 0.245. The van der Waals surface area contributed by atoms with Crippen molar-refractivity contribution in [1.29, 1.82) is 0 Å². The molecule has 0 bridgehead atoms. The Balaban J connectivity index is 1.63. The molecule has 4 aromatic rings. The van der Waals surface area contributed by atoms with E-state index in [4.69, 9.17) is 0 Å². The molecule has 1 heterocycles. The zero-order chi connectivity index (χ0) is 18.9. The van der Waals surface area contributed by atoms with E-state index in [0.29, 0.717) is 0 Å². The summed E-state index contributed by atoms with van der Waals surface area (Å²) in [5.74, 6) is 0.245. The summed E-state index contributed by atoms with van der Waals surface area (Å²) < 4.78 is 0. The second kappa shape index (κ2) is 6.90. The summed E-state index contributed by atoms with van der Waals surface area (Å²) in [5, 5.41) is 3.53. The minimum atomic E-state index is 0.245. The Hall–Kier alpha value is -3.52. The fraction of sp³-hybridized carbons (Fsp3) is 0.0769. The molecule has 0 radical (unpaired) electrons. The Kier molecular flexibility index (Phi) is 4.10. The van der Waals surface area contributed by atoms with Gasteiger partial charge in [0.2, 0.25) is 0 Å². The lowest BCUT2D eigenvalue weighted by atomic mass is 9.80. The standard InChI is InChI=1S/C26H22N2/c1-28-24-15-9-8-14-22(24)26(19-10-4-2-5-11-19)23-17-16-21(18-25(23)28)27-20-12-6-3-7-13-20/h2-18,26-27H,1H3. The largest absolute Gasteiger partial charge is 0.355 e. The first-order valence-electron chi connectivity index (χ1n) is 9.65. The molecule has 0 spiro atoms. The molecule has 0 saturated heterocycles. The summed E-state index contributed by atoms with van der Waals surface area (Å²) in [7, 11) is 2.16. The number of benzene rings is 4. The maximum absolute atomic E-state index is 3.53. The molecule has 1 N–H and O–H groups in total. The van der Waals surface area contributed by atoms with Gasteiger partial charge in [0, 0.05) is 35.7 Å². The van der Waals surface area contributed by atoms with Crippen LogP contribution in [0.2, 0.25) is 0 Å². The molecular weight excluding hydrogens is 340 g/mol. The molecule has 0 aromatic heterocycles. The van der Waals surface area contributed by atoms with Crippen molar-refractivity contribution in [2.75, 3.05) is 17.3 Å². The predicted molar refractivity (Wildman–Crippen MR) is 118 cm³/mol. The topological polar surface area (TPSA) is 15.3 Å². The van der Waals surface area contributed by atoms with Crippen LogP contribution in [0.25, 0.3) is 0 Å². The van der Waals surface area contributed by atoms with Gasteiger partial charge in [-0.3, -0.25) is 0 Å². The number of para-hydroxylation sites is 2. The highest BCUT2D eigenvalue weighted by atomic mass is 15.1. The van der Waals surface area contributed by atoms with Crippen LogP contribution >= 0.6 is 0 Å². The molecule has 2 heteroatoms. The molecule has 1 atom stereocenters. The molecule has 1 aliphatic heterocycles. The maximum atomic E-state index is 3.53. The van der Waals surface area contributed by atoms with Crippen LogP contribution in [0.5, 0.6) is 0 Å². The zero-order valence-corrected chi connectivity index (χ0v) is 15.8. The molecule has 2 nitrogen and oxygen atoms in total. The number of rotatable bonds is 3. The van der Waals surface area contributed by atoms with Crippen molar-refractivity contribution in [2.45, 2.75) is 5.92 Å². The second-order valence-corrected chi connectivity index (χ2v) is 7.23. The Morgan fingerprint density at radius 3 is 2.04 bits per heavy atom. The first kappa shape index (κ1) is 16.6. The Bertz CT molecular complexity index is 1100. The zero-order valence-electron chi connectivity index (χ0n) is 15.8. The van der Waals surface area contributed by atoms with Gasteiger partial charge in [0.1, 0.15) is 0 Å². The molecule has 0 saturated carbocycles. The lowest BCUT2D eigenvalue weighted by Crippen LogP contribution is -2.22. The van der Waals surface area contributed by atoms with Crippen LogP contribution in [0.3, 0.4) is 0 Å². The molecule has 0 fully saturated rings. The van der Waals surface area contributed by atoms with Crippen molar-refractivity contribution in [2.24, 2.45) is 0 Å². The van der Waals surface area contributed by atoms with Crippen LogP contribution < -0.4 is 10.2 Å². The van der Waals surface area contributed by atoms with Crippen LogP contribution in [0, 0.1) is 0 Å². The number of fused-ring (bicyclic) bond motifs is 2. The predicted octanol–water partition coefficient (Wildman–Crippen LogP) is 6.69. The third kappa shape index (κ3) is 2.84. The fourth-order valence-corrected chi connectivity index (χ4v) is 4.18. The van der Waals surface area contributed by atoms with Crippen molar-refractivity contribution in [1.82, 2.24) is 0 Å². The quantitative estimate of drug-likeness (QED) is 0.437. The number of hydrogen-bond acceptors (Lipinski definition) is 2. The van der Waals surface area contributed by atoms with Gasteiger partial charge in [-0.25, -0.2) is 0 Å². The van der Waals surface area contributed by atoms with E-state index < -0.39 is 0 Å². The number of hydrogen-bond donors (Lipinski definition) is 1. The van der Waals surface area contributed by atoms with Gasteiger partial charge >= 0.3 is 0 Å². The minimum Gasteiger partial charge on any atom is -0.355 e. The molecule has 136 valence electrons. The maximum Gasteiger partial charge on any atom is 0.0471 e. The van der Waals surface area contributed by atoms with E-state index in [9.17, 15) is 0 Å². The summed E-state index contributed by atoms with van der Waals surface area (Å²) in [6.07, 6.45) is 0.